The highest BCUT2D eigenvalue weighted by molar-refractivity contribution is 7.92. The number of nitrogens with zero attached hydrogens (tertiary/aromatic N) is 2. The van der Waals surface area contributed by atoms with E-state index in [1.165, 1.54) is 62.0 Å². The second-order valence-corrected chi connectivity index (χ2v) is 12.7. The normalized spacial score (nSPS) is 14.0. The van der Waals surface area contributed by atoms with Crippen molar-refractivity contribution in [3.63, 3.8) is 0 Å². The second-order valence-electron chi connectivity index (χ2n) is 8.89. The van der Waals surface area contributed by atoms with Crippen LogP contribution in [0, 0.1) is 0 Å². The fraction of sp³-hybridized carbons (Fsp3) is 0.296. The maximum absolute atomic E-state index is 13.8. The lowest BCUT2D eigenvalue weighted by molar-refractivity contribution is -0.114. The number of sulfonamides is 2. The van der Waals surface area contributed by atoms with Crippen LogP contribution in [0.2, 0.25) is 0 Å². The number of benzene rings is 3. The molecule has 214 valence electrons. The van der Waals surface area contributed by atoms with E-state index < -0.39 is 32.5 Å². The molecule has 1 aliphatic rings. The van der Waals surface area contributed by atoms with E-state index in [-0.39, 0.29) is 32.7 Å². The van der Waals surface area contributed by atoms with Gasteiger partial charge in [0.25, 0.3) is 10.0 Å². The molecule has 0 unspecified atom stereocenters. The molecule has 40 heavy (non-hydrogen) atoms. The molecule has 0 aliphatic carbocycles. The first-order chi connectivity index (χ1) is 19.1. The number of nitrogens with one attached hydrogen (secondary N) is 1. The Morgan fingerprint density at radius 2 is 1.40 bits per heavy atom. The van der Waals surface area contributed by atoms with Gasteiger partial charge < -0.3 is 19.5 Å². The lowest BCUT2D eigenvalue weighted by Gasteiger charge is -2.25. The predicted molar refractivity (Wildman–Crippen MR) is 150 cm³/mol. The molecule has 0 bridgehead atoms. The number of ether oxygens (including phenoxy) is 3. The molecule has 13 heteroatoms. The highest BCUT2D eigenvalue weighted by Crippen LogP contribution is 2.33. The van der Waals surface area contributed by atoms with E-state index in [1.807, 2.05) is 0 Å². The third-order valence-electron chi connectivity index (χ3n) is 6.42. The van der Waals surface area contributed by atoms with E-state index in [4.69, 9.17) is 14.2 Å². The van der Waals surface area contributed by atoms with E-state index >= 15 is 0 Å². The highest BCUT2D eigenvalue weighted by atomic mass is 32.2. The maximum atomic E-state index is 13.8. The minimum Gasteiger partial charge on any atom is -0.495 e. The molecule has 1 saturated heterocycles. The van der Waals surface area contributed by atoms with Crippen molar-refractivity contribution in [2.24, 2.45) is 0 Å². The maximum Gasteiger partial charge on any atom is 0.264 e. The first kappa shape index (κ1) is 29.2. The molecule has 1 heterocycles. The Morgan fingerprint density at radius 3 is 2.02 bits per heavy atom. The first-order valence-corrected chi connectivity index (χ1v) is 15.3. The molecule has 1 N–H and O–H groups in total. The van der Waals surface area contributed by atoms with Gasteiger partial charge in [0, 0.05) is 19.2 Å². The minimum absolute atomic E-state index is 0.00312. The lowest BCUT2D eigenvalue weighted by atomic mass is 10.3. The van der Waals surface area contributed by atoms with Crippen LogP contribution in [0.15, 0.2) is 76.5 Å². The van der Waals surface area contributed by atoms with Crippen LogP contribution < -0.4 is 23.8 Å². The SMILES string of the molecule is COc1ccc(S(=O)(=O)N2CCCC2)cc1NC(=O)CN(c1ccccc1)S(=O)(=O)c1ccc(OC)c(OC)c1. The monoisotopic (exact) mass is 589 g/mol. The van der Waals surface area contributed by atoms with Crippen LogP contribution >= 0.6 is 0 Å². The molecule has 0 spiro atoms. The Bertz CT molecular complexity index is 1570. The van der Waals surface area contributed by atoms with Gasteiger partial charge in [0.15, 0.2) is 11.5 Å². The molecular formula is C27H31N3O8S2. The van der Waals surface area contributed by atoms with E-state index in [1.54, 1.807) is 30.3 Å². The van der Waals surface area contributed by atoms with Crippen molar-refractivity contribution in [1.82, 2.24) is 4.31 Å². The van der Waals surface area contributed by atoms with Gasteiger partial charge in [-0.1, -0.05) is 18.2 Å². The zero-order valence-electron chi connectivity index (χ0n) is 22.4. The first-order valence-electron chi connectivity index (χ1n) is 12.4. The lowest BCUT2D eigenvalue weighted by Crippen LogP contribution is -2.38. The topological polar surface area (TPSA) is 132 Å². The van der Waals surface area contributed by atoms with Crippen LogP contribution in [0.5, 0.6) is 17.2 Å². The van der Waals surface area contributed by atoms with Gasteiger partial charge in [-0.05, 0) is 55.3 Å². The number of amides is 1. The van der Waals surface area contributed by atoms with E-state index in [0.717, 1.165) is 17.1 Å². The number of anilines is 2. The molecule has 0 aromatic heterocycles. The fourth-order valence-electron chi connectivity index (χ4n) is 4.36. The van der Waals surface area contributed by atoms with Crippen LogP contribution in [-0.2, 0) is 24.8 Å². The van der Waals surface area contributed by atoms with Gasteiger partial charge in [0.2, 0.25) is 15.9 Å². The number of carbonyl (C=O) groups excluding carboxylic acids is 1. The average Bonchev–Trinajstić information content (AvgIpc) is 3.52. The summed E-state index contributed by atoms with van der Waals surface area (Å²) in [7, 11) is -3.80. The molecule has 1 fully saturated rings. The number of hydrogen-bond acceptors (Lipinski definition) is 8. The Labute approximate surface area is 234 Å². The van der Waals surface area contributed by atoms with Gasteiger partial charge in [0.1, 0.15) is 12.3 Å². The van der Waals surface area contributed by atoms with Crippen molar-refractivity contribution >= 4 is 37.3 Å². The summed E-state index contributed by atoms with van der Waals surface area (Å²) in [5.74, 6) is 0.0766. The summed E-state index contributed by atoms with van der Waals surface area (Å²) >= 11 is 0. The zero-order chi connectivity index (χ0) is 28.9. The molecule has 3 aromatic rings. The minimum atomic E-state index is -4.25. The summed E-state index contributed by atoms with van der Waals surface area (Å²) in [5, 5.41) is 2.63. The van der Waals surface area contributed by atoms with Crippen molar-refractivity contribution < 1.29 is 35.8 Å². The molecular weight excluding hydrogens is 558 g/mol. The van der Waals surface area contributed by atoms with E-state index in [9.17, 15) is 21.6 Å². The van der Waals surface area contributed by atoms with E-state index in [0.29, 0.717) is 18.8 Å². The molecule has 1 aliphatic heterocycles. The van der Waals surface area contributed by atoms with Gasteiger partial charge in [-0.2, -0.15) is 4.31 Å². The molecule has 3 aromatic carbocycles. The van der Waals surface area contributed by atoms with Gasteiger partial charge in [-0.25, -0.2) is 16.8 Å². The standard InChI is InChI=1S/C27H31N3O8S2/c1-36-24-13-11-21(39(32,33)29-15-7-8-16-29)17-23(24)28-27(31)19-30(20-9-5-4-6-10-20)40(34,35)22-12-14-25(37-2)26(18-22)38-3/h4-6,9-14,17-18H,7-8,15-16,19H2,1-3H3,(H,28,31). The van der Waals surface area contributed by atoms with Crippen LogP contribution in [0.3, 0.4) is 0 Å². The summed E-state index contributed by atoms with van der Waals surface area (Å²) in [6.07, 6.45) is 1.56. The van der Waals surface area contributed by atoms with Crippen molar-refractivity contribution in [2.75, 3.05) is 50.6 Å². The molecule has 11 nitrogen and oxygen atoms in total. The number of methoxy groups -OCH3 is 3. The highest BCUT2D eigenvalue weighted by Gasteiger charge is 2.30. The molecule has 4 rings (SSSR count). The van der Waals surface area contributed by atoms with Crippen LogP contribution in [0.1, 0.15) is 12.8 Å². The van der Waals surface area contributed by atoms with Crippen LogP contribution in [0.4, 0.5) is 11.4 Å². The Hall–Kier alpha value is -3.81. The van der Waals surface area contributed by atoms with Gasteiger partial charge in [-0.3, -0.25) is 9.10 Å². The summed E-state index contributed by atoms with van der Waals surface area (Å²) in [6.45, 7) is 0.249. The van der Waals surface area contributed by atoms with Gasteiger partial charge in [-0.15, -0.1) is 0 Å². The van der Waals surface area contributed by atoms with Crippen molar-refractivity contribution in [3.05, 3.63) is 66.7 Å². The largest absolute Gasteiger partial charge is 0.495 e. The van der Waals surface area contributed by atoms with Crippen LogP contribution in [0.25, 0.3) is 0 Å². The van der Waals surface area contributed by atoms with E-state index in [2.05, 4.69) is 5.32 Å². The van der Waals surface area contributed by atoms with Crippen LogP contribution in [-0.4, -0.2) is 68.0 Å². The van der Waals surface area contributed by atoms with Gasteiger partial charge >= 0.3 is 0 Å². The summed E-state index contributed by atoms with van der Waals surface area (Å²) in [6, 6.07) is 16.5. The fourth-order valence-corrected chi connectivity index (χ4v) is 7.34. The molecule has 0 saturated carbocycles. The smallest absolute Gasteiger partial charge is 0.264 e. The average molecular weight is 590 g/mol. The molecule has 0 radical (unpaired) electrons. The van der Waals surface area contributed by atoms with Crippen molar-refractivity contribution in [2.45, 2.75) is 22.6 Å². The Balaban J connectivity index is 1.66. The summed E-state index contributed by atoms with van der Waals surface area (Å²) < 4.78 is 71.9. The third kappa shape index (κ3) is 6.01. The zero-order valence-corrected chi connectivity index (χ0v) is 24.0. The van der Waals surface area contributed by atoms with Gasteiger partial charge in [0.05, 0.1) is 42.5 Å². The number of para-hydroxylation sites is 1. The quantitative estimate of drug-likeness (QED) is 0.360. The Kier molecular flexibility index (Phi) is 8.86. The number of hydrogen-bond donors (Lipinski definition) is 1. The third-order valence-corrected chi connectivity index (χ3v) is 10.1. The molecule has 1 amide bonds. The second kappa shape index (κ2) is 12.1. The summed E-state index contributed by atoms with van der Waals surface area (Å²) in [4.78, 5) is 13.2. The number of rotatable bonds is 11. The van der Waals surface area contributed by atoms with Crippen molar-refractivity contribution in [3.8, 4) is 17.2 Å². The summed E-state index contributed by atoms with van der Waals surface area (Å²) in [5.41, 5.74) is 0.356. The number of carbonyl (C=O) groups is 1. The Morgan fingerprint density at radius 1 is 0.800 bits per heavy atom. The predicted octanol–water partition coefficient (Wildman–Crippen LogP) is 3.33. The van der Waals surface area contributed by atoms with Crippen molar-refractivity contribution in [1.29, 1.82) is 0 Å². The molecule has 0 atom stereocenters.